The highest BCUT2D eigenvalue weighted by molar-refractivity contribution is 5.46. The average Bonchev–Trinajstić information content (AvgIpc) is 2.47. The van der Waals surface area contributed by atoms with E-state index >= 15 is 0 Å². The predicted octanol–water partition coefficient (Wildman–Crippen LogP) is 0.0381. The van der Waals surface area contributed by atoms with Crippen LogP contribution in [0.25, 0.3) is 0 Å². The van der Waals surface area contributed by atoms with Crippen LogP contribution >= 0.6 is 0 Å². The standard InChI is InChI=1S/C9H12N2O2/c12-8-6-9(13)11(10-8)7-4-2-1-3-5-7/h1-5,8-10,12-13H,6H2. The number of aliphatic hydroxyl groups is 2. The summed E-state index contributed by atoms with van der Waals surface area (Å²) in [5.41, 5.74) is 3.61. The third kappa shape index (κ3) is 1.65. The predicted molar refractivity (Wildman–Crippen MR) is 48.7 cm³/mol. The number of nitrogens with one attached hydrogen (secondary N) is 1. The van der Waals surface area contributed by atoms with Gasteiger partial charge in [0.2, 0.25) is 0 Å². The van der Waals surface area contributed by atoms with Crippen LogP contribution in [0, 0.1) is 0 Å². The summed E-state index contributed by atoms with van der Waals surface area (Å²) in [6, 6.07) is 9.41. The molecule has 2 rings (SSSR count). The minimum absolute atomic E-state index is 0.328. The Balaban J connectivity index is 2.18. The molecule has 0 aromatic heterocycles. The maximum atomic E-state index is 9.52. The summed E-state index contributed by atoms with van der Waals surface area (Å²) >= 11 is 0. The number of anilines is 1. The smallest absolute Gasteiger partial charge is 0.145 e. The van der Waals surface area contributed by atoms with Gasteiger partial charge in [0.1, 0.15) is 12.5 Å². The molecule has 1 aromatic rings. The van der Waals surface area contributed by atoms with Gasteiger partial charge in [0, 0.05) is 6.42 Å². The van der Waals surface area contributed by atoms with Crippen molar-refractivity contribution in [2.45, 2.75) is 18.9 Å². The lowest BCUT2D eigenvalue weighted by Gasteiger charge is -2.21. The van der Waals surface area contributed by atoms with Crippen molar-refractivity contribution < 1.29 is 10.2 Å². The number of para-hydroxylation sites is 1. The van der Waals surface area contributed by atoms with Crippen molar-refractivity contribution in [3.05, 3.63) is 30.3 Å². The van der Waals surface area contributed by atoms with Crippen LogP contribution in [0.5, 0.6) is 0 Å². The Kier molecular flexibility index (Phi) is 2.18. The van der Waals surface area contributed by atoms with Crippen LogP contribution in [-0.2, 0) is 0 Å². The fourth-order valence-corrected chi connectivity index (χ4v) is 1.44. The third-order valence-electron chi connectivity index (χ3n) is 2.05. The van der Waals surface area contributed by atoms with Crippen molar-refractivity contribution in [2.75, 3.05) is 5.01 Å². The normalized spacial score (nSPS) is 28.0. The van der Waals surface area contributed by atoms with Crippen molar-refractivity contribution in [1.29, 1.82) is 0 Å². The minimum atomic E-state index is -0.657. The van der Waals surface area contributed by atoms with E-state index in [0.29, 0.717) is 6.42 Å². The Hall–Kier alpha value is -1.10. The Morgan fingerprint density at radius 1 is 1.23 bits per heavy atom. The van der Waals surface area contributed by atoms with Crippen molar-refractivity contribution in [3.63, 3.8) is 0 Å². The molecule has 1 aliphatic rings. The average molecular weight is 180 g/mol. The van der Waals surface area contributed by atoms with Gasteiger partial charge in [-0.15, -0.1) is 0 Å². The Morgan fingerprint density at radius 3 is 2.46 bits per heavy atom. The van der Waals surface area contributed by atoms with Gasteiger partial charge in [0.05, 0.1) is 5.69 Å². The molecule has 4 heteroatoms. The number of hydrazine groups is 1. The number of hydrogen-bond donors (Lipinski definition) is 3. The zero-order valence-electron chi connectivity index (χ0n) is 7.09. The molecule has 0 spiro atoms. The minimum Gasteiger partial charge on any atom is -0.377 e. The van der Waals surface area contributed by atoms with E-state index in [9.17, 15) is 10.2 Å². The van der Waals surface area contributed by atoms with Crippen LogP contribution in [0.1, 0.15) is 6.42 Å². The van der Waals surface area contributed by atoms with Crippen molar-refractivity contribution in [1.82, 2.24) is 5.43 Å². The van der Waals surface area contributed by atoms with Crippen LogP contribution in [0.2, 0.25) is 0 Å². The summed E-state index contributed by atoms with van der Waals surface area (Å²) in [4.78, 5) is 0. The molecule has 13 heavy (non-hydrogen) atoms. The van der Waals surface area contributed by atoms with Gasteiger partial charge in [0.15, 0.2) is 0 Å². The third-order valence-corrected chi connectivity index (χ3v) is 2.05. The van der Waals surface area contributed by atoms with E-state index < -0.39 is 12.5 Å². The lowest BCUT2D eigenvalue weighted by Crippen LogP contribution is -2.39. The molecule has 1 saturated heterocycles. The first-order valence-electron chi connectivity index (χ1n) is 4.24. The zero-order valence-corrected chi connectivity index (χ0v) is 7.09. The first-order valence-corrected chi connectivity index (χ1v) is 4.24. The highest BCUT2D eigenvalue weighted by Crippen LogP contribution is 2.19. The summed E-state index contributed by atoms with van der Waals surface area (Å²) in [5, 5.41) is 20.3. The SMILES string of the molecule is OC1CC(O)N(c2ccccc2)N1. The summed E-state index contributed by atoms with van der Waals surface area (Å²) in [6.07, 6.45) is -0.984. The second-order valence-electron chi connectivity index (χ2n) is 3.07. The molecule has 0 radical (unpaired) electrons. The van der Waals surface area contributed by atoms with Crippen molar-refractivity contribution >= 4 is 5.69 Å². The van der Waals surface area contributed by atoms with Crippen LogP contribution in [-0.4, -0.2) is 22.7 Å². The van der Waals surface area contributed by atoms with Crippen molar-refractivity contribution in [3.8, 4) is 0 Å². The second kappa shape index (κ2) is 3.33. The topological polar surface area (TPSA) is 55.7 Å². The fraction of sp³-hybridized carbons (Fsp3) is 0.333. The molecule has 0 amide bonds. The van der Waals surface area contributed by atoms with Gasteiger partial charge in [0.25, 0.3) is 0 Å². The van der Waals surface area contributed by atoms with Gasteiger partial charge < -0.3 is 10.2 Å². The fourth-order valence-electron chi connectivity index (χ4n) is 1.44. The molecular formula is C9H12N2O2. The molecule has 0 saturated carbocycles. The van der Waals surface area contributed by atoms with Crippen LogP contribution in [0.3, 0.4) is 0 Å². The van der Waals surface area contributed by atoms with E-state index in [1.807, 2.05) is 30.3 Å². The molecule has 0 bridgehead atoms. The van der Waals surface area contributed by atoms with Gasteiger partial charge in [-0.05, 0) is 12.1 Å². The largest absolute Gasteiger partial charge is 0.377 e. The summed E-state index contributed by atoms with van der Waals surface area (Å²) in [5.74, 6) is 0. The second-order valence-corrected chi connectivity index (χ2v) is 3.07. The molecule has 1 fully saturated rings. The number of benzene rings is 1. The van der Waals surface area contributed by atoms with Crippen LogP contribution < -0.4 is 10.4 Å². The molecule has 2 atom stereocenters. The quantitative estimate of drug-likeness (QED) is 0.571. The monoisotopic (exact) mass is 180 g/mol. The van der Waals surface area contributed by atoms with Gasteiger partial charge >= 0.3 is 0 Å². The Morgan fingerprint density at radius 2 is 1.92 bits per heavy atom. The van der Waals surface area contributed by atoms with Gasteiger partial charge in [-0.25, -0.2) is 5.43 Å². The van der Waals surface area contributed by atoms with E-state index in [1.54, 1.807) is 5.01 Å². The summed E-state index contributed by atoms with van der Waals surface area (Å²) in [7, 11) is 0. The summed E-state index contributed by atoms with van der Waals surface area (Å²) in [6.45, 7) is 0. The highest BCUT2D eigenvalue weighted by atomic mass is 16.3. The lowest BCUT2D eigenvalue weighted by molar-refractivity contribution is 0.131. The molecular weight excluding hydrogens is 168 g/mol. The number of hydrogen-bond acceptors (Lipinski definition) is 4. The Bertz CT molecular complexity index is 278. The van der Waals surface area contributed by atoms with Crippen LogP contribution in [0.15, 0.2) is 30.3 Å². The van der Waals surface area contributed by atoms with Crippen molar-refractivity contribution in [2.24, 2.45) is 0 Å². The molecule has 0 aliphatic carbocycles. The molecule has 3 N–H and O–H groups in total. The van der Waals surface area contributed by atoms with E-state index in [1.165, 1.54) is 0 Å². The first kappa shape index (κ1) is 8.50. The number of rotatable bonds is 1. The molecule has 1 aliphatic heterocycles. The van der Waals surface area contributed by atoms with Crippen LogP contribution in [0.4, 0.5) is 5.69 Å². The summed E-state index contributed by atoms with van der Waals surface area (Å²) < 4.78 is 0. The number of nitrogens with zero attached hydrogens (tertiary/aromatic N) is 1. The Labute approximate surface area is 76.4 Å². The van der Waals surface area contributed by atoms with E-state index in [0.717, 1.165) is 5.69 Å². The maximum absolute atomic E-state index is 9.52. The lowest BCUT2D eigenvalue weighted by atomic mass is 10.3. The molecule has 4 nitrogen and oxygen atoms in total. The maximum Gasteiger partial charge on any atom is 0.145 e. The van der Waals surface area contributed by atoms with E-state index in [4.69, 9.17) is 0 Å². The highest BCUT2D eigenvalue weighted by Gasteiger charge is 2.28. The van der Waals surface area contributed by atoms with Gasteiger partial charge in [-0.1, -0.05) is 18.2 Å². The molecule has 70 valence electrons. The van der Waals surface area contributed by atoms with E-state index in [2.05, 4.69) is 5.43 Å². The molecule has 1 aromatic carbocycles. The zero-order chi connectivity index (χ0) is 9.26. The van der Waals surface area contributed by atoms with Gasteiger partial charge in [-0.2, -0.15) is 0 Å². The molecule has 1 heterocycles. The number of aliphatic hydroxyl groups excluding tert-OH is 2. The first-order chi connectivity index (χ1) is 6.27. The molecule has 2 unspecified atom stereocenters. The van der Waals surface area contributed by atoms with Gasteiger partial charge in [-0.3, -0.25) is 5.01 Å². The van der Waals surface area contributed by atoms with E-state index in [-0.39, 0.29) is 0 Å².